The Balaban J connectivity index is 3.30. The first kappa shape index (κ1) is 27.0. The lowest BCUT2D eigenvalue weighted by atomic mass is 10.0. The van der Waals surface area contributed by atoms with Crippen LogP contribution in [0.2, 0.25) is 0 Å². The number of rotatable bonds is 22. The average molecular weight is 382 g/mol. The lowest BCUT2D eigenvalue weighted by Gasteiger charge is -2.21. The SMILES string of the molecule is CCCCCCCCCCCCN(C)CC(C)CCCCCCCCCC. The van der Waals surface area contributed by atoms with E-state index in [0.717, 1.165) is 5.92 Å². The van der Waals surface area contributed by atoms with E-state index in [-0.39, 0.29) is 0 Å². The Hall–Kier alpha value is -0.0400. The zero-order valence-corrected chi connectivity index (χ0v) is 19.9. The maximum Gasteiger partial charge on any atom is 0.000397 e. The van der Waals surface area contributed by atoms with E-state index in [1.54, 1.807) is 0 Å². The van der Waals surface area contributed by atoms with Crippen molar-refractivity contribution in [2.45, 2.75) is 143 Å². The molecule has 0 bridgehead atoms. The summed E-state index contributed by atoms with van der Waals surface area (Å²) in [4.78, 5) is 2.58. The van der Waals surface area contributed by atoms with Crippen LogP contribution >= 0.6 is 0 Å². The van der Waals surface area contributed by atoms with Crippen molar-refractivity contribution < 1.29 is 0 Å². The molecule has 0 saturated carbocycles. The van der Waals surface area contributed by atoms with E-state index in [2.05, 4.69) is 32.7 Å². The summed E-state index contributed by atoms with van der Waals surface area (Å²) >= 11 is 0. The first-order valence-corrected chi connectivity index (χ1v) is 12.9. The van der Waals surface area contributed by atoms with Crippen LogP contribution in [0, 0.1) is 5.92 Å². The average Bonchev–Trinajstić information content (AvgIpc) is 2.65. The Morgan fingerprint density at radius 2 is 0.889 bits per heavy atom. The highest BCUT2D eigenvalue weighted by atomic mass is 15.1. The smallest absolute Gasteiger partial charge is 0.000397 e. The molecule has 0 aliphatic heterocycles. The fourth-order valence-electron chi connectivity index (χ4n) is 4.21. The van der Waals surface area contributed by atoms with Gasteiger partial charge in [-0.2, -0.15) is 0 Å². The molecular weight excluding hydrogens is 326 g/mol. The Morgan fingerprint density at radius 1 is 0.519 bits per heavy atom. The van der Waals surface area contributed by atoms with Crippen LogP contribution in [-0.4, -0.2) is 25.0 Å². The first-order chi connectivity index (χ1) is 13.2. The van der Waals surface area contributed by atoms with Crippen molar-refractivity contribution in [1.29, 1.82) is 0 Å². The lowest BCUT2D eigenvalue weighted by Crippen LogP contribution is -2.25. The van der Waals surface area contributed by atoms with Crippen LogP contribution in [0.1, 0.15) is 143 Å². The molecule has 0 aromatic carbocycles. The third-order valence-corrected chi connectivity index (χ3v) is 6.07. The second-order valence-corrected chi connectivity index (χ2v) is 9.31. The van der Waals surface area contributed by atoms with Crippen LogP contribution in [0.15, 0.2) is 0 Å². The summed E-state index contributed by atoms with van der Waals surface area (Å²) in [6, 6.07) is 0. The lowest BCUT2D eigenvalue weighted by molar-refractivity contribution is 0.268. The van der Waals surface area contributed by atoms with E-state index in [0.29, 0.717) is 0 Å². The molecule has 0 heterocycles. The molecule has 1 nitrogen and oxygen atoms in total. The van der Waals surface area contributed by atoms with Crippen LogP contribution in [-0.2, 0) is 0 Å². The number of unbranched alkanes of at least 4 members (excludes halogenated alkanes) is 16. The van der Waals surface area contributed by atoms with Crippen molar-refractivity contribution >= 4 is 0 Å². The highest BCUT2D eigenvalue weighted by molar-refractivity contribution is 4.60. The molecule has 27 heavy (non-hydrogen) atoms. The molecule has 0 amide bonds. The molecule has 1 heteroatoms. The van der Waals surface area contributed by atoms with Gasteiger partial charge in [0.15, 0.2) is 0 Å². The third kappa shape index (κ3) is 22.1. The predicted molar refractivity (Wildman–Crippen MR) is 126 cm³/mol. The summed E-state index contributed by atoms with van der Waals surface area (Å²) < 4.78 is 0. The van der Waals surface area contributed by atoms with Crippen molar-refractivity contribution in [2.75, 3.05) is 20.1 Å². The molecule has 1 unspecified atom stereocenters. The van der Waals surface area contributed by atoms with Gasteiger partial charge < -0.3 is 4.90 Å². The quantitative estimate of drug-likeness (QED) is 0.169. The van der Waals surface area contributed by atoms with E-state index in [4.69, 9.17) is 0 Å². The zero-order valence-electron chi connectivity index (χ0n) is 19.9. The molecule has 0 aliphatic rings. The van der Waals surface area contributed by atoms with E-state index < -0.39 is 0 Å². The van der Waals surface area contributed by atoms with Crippen LogP contribution in [0.25, 0.3) is 0 Å². The molecule has 0 aromatic heterocycles. The van der Waals surface area contributed by atoms with Gasteiger partial charge in [-0.3, -0.25) is 0 Å². The van der Waals surface area contributed by atoms with Gasteiger partial charge in [-0.1, -0.05) is 130 Å². The summed E-state index contributed by atoms with van der Waals surface area (Å²) in [5.41, 5.74) is 0. The molecule has 164 valence electrons. The van der Waals surface area contributed by atoms with Crippen LogP contribution in [0.4, 0.5) is 0 Å². The van der Waals surface area contributed by atoms with Crippen molar-refractivity contribution in [3.05, 3.63) is 0 Å². The normalized spacial score (nSPS) is 12.8. The Kier molecular flexibility index (Phi) is 22.2. The fourth-order valence-corrected chi connectivity index (χ4v) is 4.21. The summed E-state index contributed by atoms with van der Waals surface area (Å²) in [6.07, 6.45) is 27.4. The topological polar surface area (TPSA) is 3.24 Å². The molecule has 0 aliphatic carbocycles. The number of hydrogen-bond acceptors (Lipinski definition) is 1. The van der Waals surface area contributed by atoms with Crippen molar-refractivity contribution in [3.8, 4) is 0 Å². The van der Waals surface area contributed by atoms with E-state index >= 15 is 0 Å². The molecular formula is C26H55N. The van der Waals surface area contributed by atoms with Gasteiger partial charge in [0.2, 0.25) is 0 Å². The van der Waals surface area contributed by atoms with Crippen LogP contribution in [0.5, 0.6) is 0 Å². The van der Waals surface area contributed by atoms with Crippen molar-refractivity contribution in [2.24, 2.45) is 5.92 Å². The van der Waals surface area contributed by atoms with E-state index in [1.165, 1.54) is 135 Å². The van der Waals surface area contributed by atoms with Gasteiger partial charge in [-0.15, -0.1) is 0 Å². The molecule has 1 atom stereocenters. The maximum absolute atomic E-state index is 2.58. The zero-order chi connectivity index (χ0) is 20.0. The molecule has 0 saturated heterocycles. The highest BCUT2D eigenvalue weighted by Gasteiger charge is 2.06. The van der Waals surface area contributed by atoms with Crippen molar-refractivity contribution in [1.82, 2.24) is 4.90 Å². The summed E-state index contributed by atoms with van der Waals surface area (Å²) in [5, 5.41) is 0. The van der Waals surface area contributed by atoms with Gasteiger partial charge in [0, 0.05) is 6.54 Å². The summed E-state index contributed by atoms with van der Waals surface area (Å²) in [5.74, 6) is 0.873. The van der Waals surface area contributed by atoms with Gasteiger partial charge in [0.25, 0.3) is 0 Å². The second kappa shape index (κ2) is 22.3. The third-order valence-electron chi connectivity index (χ3n) is 6.07. The Morgan fingerprint density at radius 3 is 1.33 bits per heavy atom. The standard InChI is InChI=1S/C26H55N/c1-5-7-9-11-13-15-16-18-20-22-24-27(4)25-26(3)23-21-19-17-14-12-10-8-6-2/h26H,5-25H2,1-4H3. The molecule has 0 N–H and O–H groups in total. The minimum absolute atomic E-state index is 0.873. The van der Waals surface area contributed by atoms with Gasteiger partial charge in [0.1, 0.15) is 0 Å². The second-order valence-electron chi connectivity index (χ2n) is 9.31. The van der Waals surface area contributed by atoms with E-state index in [1.807, 2.05) is 0 Å². The van der Waals surface area contributed by atoms with Crippen LogP contribution in [0.3, 0.4) is 0 Å². The minimum atomic E-state index is 0.873. The molecule has 0 fully saturated rings. The monoisotopic (exact) mass is 381 g/mol. The first-order valence-electron chi connectivity index (χ1n) is 12.9. The summed E-state index contributed by atoms with van der Waals surface area (Å²) in [6.45, 7) is 9.66. The minimum Gasteiger partial charge on any atom is -0.306 e. The fraction of sp³-hybridized carbons (Fsp3) is 1.00. The van der Waals surface area contributed by atoms with E-state index in [9.17, 15) is 0 Å². The van der Waals surface area contributed by atoms with Crippen molar-refractivity contribution in [3.63, 3.8) is 0 Å². The molecule has 0 radical (unpaired) electrons. The largest absolute Gasteiger partial charge is 0.306 e. The van der Waals surface area contributed by atoms with Gasteiger partial charge in [0.05, 0.1) is 0 Å². The Bertz CT molecular complexity index is 263. The molecule has 0 rings (SSSR count). The van der Waals surface area contributed by atoms with Gasteiger partial charge in [-0.05, 0) is 32.4 Å². The maximum atomic E-state index is 2.58. The number of hydrogen-bond donors (Lipinski definition) is 0. The van der Waals surface area contributed by atoms with Crippen LogP contribution < -0.4 is 0 Å². The Labute approximate surface area is 174 Å². The number of nitrogens with zero attached hydrogens (tertiary/aromatic N) is 1. The molecule has 0 spiro atoms. The summed E-state index contributed by atoms with van der Waals surface area (Å²) in [7, 11) is 2.33. The highest BCUT2D eigenvalue weighted by Crippen LogP contribution is 2.15. The van der Waals surface area contributed by atoms with Gasteiger partial charge in [-0.25, -0.2) is 0 Å². The van der Waals surface area contributed by atoms with Gasteiger partial charge >= 0.3 is 0 Å². The predicted octanol–water partition coefficient (Wildman–Crippen LogP) is 9.01. The molecule has 0 aromatic rings.